The molecule has 0 fully saturated rings. The Kier molecular flexibility index (Phi) is 5.53. The van der Waals surface area contributed by atoms with Gasteiger partial charge in [-0.2, -0.15) is 5.10 Å². The molecule has 0 bridgehead atoms. The van der Waals surface area contributed by atoms with Gasteiger partial charge in [0.15, 0.2) is 0 Å². The topological polar surface area (TPSA) is 76.0 Å². The number of anilines is 2. The van der Waals surface area contributed by atoms with Crippen molar-refractivity contribution in [3.05, 3.63) is 93.1 Å². The third-order valence-corrected chi connectivity index (χ3v) is 7.24. The second-order valence-electron chi connectivity index (χ2n) is 7.58. The molecule has 3 heterocycles. The zero-order chi connectivity index (χ0) is 22.9. The summed E-state index contributed by atoms with van der Waals surface area (Å²) in [4.78, 5) is 27.6. The van der Waals surface area contributed by atoms with E-state index in [0.29, 0.717) is 21.1 Å². The fraction of sp³-hybridized carbons (Fsp3) is 0.0800. The maximum absolute atomic E-state index is 13.1. The normalized spacial score (nSPS) is 11.0. The van der Waals surface area contributed by atoms with E-state index >= 15 is 0 Å². The van der Waals surface area contributed by atoms with E-state index in [-0.39, 0.29) is 11.8 Å². The van der Waals surface area contributed by atoms with Gasteiger partial charge in [-0.3, -0.25) is 9.59 Å². The summed E-state index contributed by atoms with van der Waals surface area (Å²) in [5.74, 6) is -0.364. The maximum atomic E-state index is 13.1. The molecule has 0 spiro atoms. The Balaban J connectivity index is 1.40. The average Bonchev–Trinajstić information content (AvgIpc) is 3.55. The summed E-state index contributed by atoms with van der Waals surface area (Å²) >= 11 is 2.79. The minimum Gasteiger partial charge on any atom is -0.321 e. The minimum atomic E-state index is -0.194. The quantitative estimate of drug-likeness (QED) is 0.316. The number of aromatic nitrogens is 2. The molecule has 0 aliphatic heterocycles. The third-order valence-electron chi connectivity index (χ3n) is 5.26. The number of fused-ring (bicyclic) bond motifs is 1. The highest BCUT2D eigenvalue weighted by Gasteiger charge is 2.18. The molecule has 6 nitrogen and oxygen atoms in total. The number of thiophene rings is 2. The number of amides is 2. The van der Waals surface area contributed by atoms with Crippen LogP contribution in [0.3, 0.4) is 0 Å². The van der Waals surface area contributed by atoms with Crippen molar-refractivity contribution in [2.24, 2.45) is 0 Å². The lowest BCUT2D eigenvalue weighted by molar-refractivity contribution is 0.102. The summed E-state index contributed by atoms with van der Waals surface area (Å²) in [5.41, 5.74) is 4.02. The summed E-state index contributed by atoms with van der Waals surface area (Å²) in [6.45, 7) is 3.86. The van der Waals surface area contributed by atoms with Gasteiger partial charge in [0.2, 0.25) is 0 Å². The second kappa shape index (κ2) is 8.65. The highest BCUT2D eigenvalue weighted by Crippen LogP contribution is 2.31. The smallest absolute Gasteiger partial charge is 0.265 e. The van der Waals surface area contributed by atoms with Crippen molar-refractivity contribution in [3.8, 4) is 5.69 Å². The molecule has 0 radical (unpaired) electrons. The first kappa shape index (κ1) is 21.1. The van der Waals surface area contributed by atoms with Crippen LogP contribution in [-0.2, 0) is 0 Å². The second-order valence-corrected chi connectivity index (χ2v) is 9.56. The molecule has 0 saturated heterocycles. The van der Waals surface area contributed by atoms with Gasteiger partial charge < -0.3 is 10.6 Å². The van der Waals surface area contributed by atoms with Gasteiger partial charge in [0.05, 0.1) is 21.1 Å². The number of hydrogen-bond donors (Lipinski definition) is 2. The lowest BCUT2D eigenvalue weighted by Crippen LogP contribution is -2.13. The number of benzene rings is 2. The number of nitrogens with zero attached hydrogens (tertiary/aromatic N) is 2. The van der Waals surface area contributed by atoms with Crippen LogP contribution in [0.25, 0.3) is 15.9 Å². The molecule has 33 heavy (non-hydrogen) atoms. The van der Waals surface area contributed by atoms with Crippen LogP contribution in [0, 0.1) is 13.8 Å². The highest BCUT2D eigenvalue weighted by molar-refractivity contribution is 7.20. The number of aryl methyl sites for hydroxylation is 2. The zero-order valence-electron chi connectivity index (χ0n) is 18.0. The van der Waals surface area contributed by atoms with Crippen LogP contribution in [0.15, 0.2) is 72.1 Å². The Morgan fingerprint density at radius 3 is 2.42 bits per heavy atom. The van der Waals surface area contributed by atoms with Crippen molar-refractivity contribution in [2.75, 3.05) is 10.6 Å². The molecule has 164 valence electrons. The van der Waals surface area contributed by atoms with E-state index in [4.69, 9.17) is 0 Å². The number of rotatable bonds is 5. The number of carbonyl (C=O) groups excluding carboxylic acids is 2. The van der Waals surface area contributed by atoms with Gasteiger partial charge in [0, 0.05) is 16.8 Å². The summed E-state index contributed by atoms with van der Waals surface area (Å²) in [7, 11) is 0. The molecule has 5 rings (SSSR count). The Bertz CT molecular complexity index is 1470. The Hall–Kier alpha value is -3.75. The Morgan fingerprint density at radius 1 is 0.879 bits per heavy atom. The van der Waals surface area contributed by atoms with E-state index in [2.05, 4.69) is 15.7 Å². The van der Waals surface area contributed by atoms with Crippen LogP contribution >= 0.6 is 22.7 Å². The maximum Gasteiger partial charge on any atom is 0.265 e. The standard InChI is InChI=1S/C25H20N4O2S2/c1-15-10-11-17(26-23(30)21-9-6-12-32-21)13-20(15)27-24(31)22-14-19-16(2)28-29(25(19)33-22)18-7-4-3-5-8-18/h3-14H,1-2H3,(H,26,30)(H,27,31). The molecule has 3 aromatic heterocycles. The molecule has 0 aliphatic carbocycles. The minimum absolute atomic E-state index is 0.170. The first-order chi connectivity index (χ1) is 16.0. The number of hydrogen-bond acceptors (Lipinski definition) is 5. The van der Waals surface area contributed by atoms with Crippen LogP contribution in [0.5, 0.6) is 0 Å². The zero-order valence-corrected chi connectivity index (χ0v) is 19.6. The van der Waals surface area contributed by atoms with Gasteiger partial charge in [-0.05, 0) is 61.2 Å². The largest absolute Gasteiger partial charge is 0.321 e. The van der Waals surface area contributed by atoms with E-state index in [1.165, 1.54) is 22.7 Å². The van der Waals surface area contributed by atoms with Crippen LogP contribution in [0.1, 0.15) is 30.6 Å². The molecule has 0 unspecified atom stereocenters. The summed E-state index contributed by atoms with van der Waals surface area (Å²) in [6, 6.07) is 20.9. The van der Waals surface area contributed by atoms with Crippen molar-refractivity contribution >= 4 is 56.1 Å². The average molecular weight is 473 g/mol. The van der Waals surface area contributed by atoms with E-state index in [1.54, 1.807) is 12.1 Å². The van der Waals surface area contributed by atoms with E-state index in [9.17, 15) is 9.59 Å². The lowest BCUT2D eigenvalue weighted by Gasteiger charge is -2.11. The van der Waals surface area contributed by atoms with Crippen molar-refractivity contribution in [3.63, 3.8) is 0 Å². The van der Waals surface area contributed by atoms with Crippen molar-refractivity contribution in [1.82, 2.24) is 9.78 Å². The molecular weight excluding hydrogens is 452 g/mol. The Morgan fingerprint density at radius 2 is 1.67 bits per heavy atom. The predicted octanol–water partition coefficient (Wildman–Crippen LogP) is 6.27. The number of para-hydroxylation sites is 1. The van der Waals surface area contributed by atoms with Crippen LogP contribution in [-0.4, -0.2) is 21.6 Å². The fourth-order valence-corrected chi connectivity index (χ4v) is 5.22. The molecular formula is C25H20N4O2S2. The van der Waals surface area contributed by atoms with Crippen LogP contribution < -0.4 is 10.6 Å². The lowest BCUT2D eigenvalue weighted by atomic mass is 10.1. The van der Waals surface area contributed by atoms with E-state index in [0.717, 1.165) is 27.2 Å². The first-order valence-corrected chi connectivity index (χ1v) is 12.0. The van der Waals surface area contributed by atoms with Crippen LogP contribution in [0.4, 0.5) is 11.4 Å². The third kappa shape index (κ3) is 4.18. The van der Waals surface area contributed by atoms with E-state index < -0.39 is 0 Å². The molecule has 0 atom stereocenters. The van der Waals surface area contributed by atoms with Crippen molar-refractivity contribution in [1.29, 1.82) is 0 Å². The molecule has 0 aliphatic rings. The molecule has 5 aromatic rings. The van der Waals surface area contributed by atoms with Gasteiger partial charge >= 0.3 is 0 Å². The SMILES string of the molecule is Cc1ccc(NC(=O)c2cccs2)cc1NC(=O)c1cc2c(C)nn(-c3ccccc3)c2s1. The van der Waals surface area contributed by atoms with Gasteiger partial charge in [0.1, 0.15) is 4.83 Å². The monoisotopic (exact) mass is 472 g/mol. The van der Waals surface area contributed by atoms with Crippen LogP contribution in [0.2, 0.25) is 0 Å². The first-order valence-electron chi connectivity index (χ1n) is 10.3. The highest BCUT2D eigenvalue weighted by atomic mass is 32.1. The molecule has 0 saturated carbocycles. The summed E-state index contributed by atoms with van der Waals surface area (Å²) in [5, 5.41) is 13.3. The van der Waals surface area contributed by atoms with Gasteiger partial charge in [-0.25, -0.2) is 4.68 Å². The summed E-state index contributed by atoms with van der Waals surface area (Å²) in [6.07, 6.45) is 0. The summed E-state index contributed by atoms with van der Waals surface area (Å²) < 4.78 is 1.87. The molecule has 2 amide bonds. The van der Waals surface area contributed by atoms with Crippen molar-refractivity contribution < 1.29 is 9.59 Å². The molecule has 8 heteroatoms. The fourth-order valence-electron chi connectivity index (χ4n) is 3.52. The molecule has 2 aromatic carbocycles. The van der Waals surface area contributed by atoms with Gasteiger partial charge in [-0.15, -0.1) is 22.7 Å². The Labute approximate surface area is 198 Å². The van der Waals surface area contributed by atoms with Gasteiger partial charge in [-0.1, -0.05) is 30.3 Å². The van der Waals surface area contributed by atoms with E-state index in [1.807, 2.05) is 78.5 Å². The molecule has 2 N–H and O–H groups in total. The number of carbonyl (C=O) groups is 2. The predicted molar refractivity (Wildman–Crippen MR) is 135 cm³/mol. The van der Waals surface area contributed by atoms with Crippen molar-refractivity contribution in [2.45, 2.75) is 13.8 Å². The number of nitrogens with one attached hydrogen (secondary N) is 2. The van der Waals surface area contributed by atoms with Gasteiger partial charge in [0.25, 0.3) is 11.8 Å².